The molecule has 2 aliphatic rings. The normalized spacial score (nSPS) is 24.3. The van der Waals surface area contributed by atoms with E-state index in [2.05, 4.69) is 46.3 Å². The molecule has 4 rings (SSSR count). The summed E-state index contributed by atoms with van der Waals surface area (Å²) in [7, 11) is 0. The van der Waals surface area contributed by atoms with Crippen molar-refractivity contribution >= 4 is 15.9 Å². The first-order chi connectivity index (χ1) is 10.2. The maximum absolute atomic E-state index is 6.32. The van der Waals surface area contributed by atoms with Gasteiger partial charge in [-0.25, -0.2) is 0 Å². The van der Waals surface area contributed by atoms with Gasteiger partial charge in [0.25, 0.3) is 0 Å². The molecular formula is C18H18BrNO. The fourth-order valence-corrected chi connectivity index (χ4v) is 3.42. The largest absolute Gasteiger partial charge is 0.485 e. The number of halogens is 1. The van der Waals surface area contributed by atoms with Gasteiger partial charge in [0.05, 0.1) is 0 Å². The van der Waals surface area contributed by atoms with Gasteiger partial charge in [-0.1, -0.05) is 46.3 Å². The Morgan fingerprint density at radius 3 is 2.43 bits per heavy atom. The summed E-state index contributed by atoms with van der Waals surface area (Å²) in [6.45, 7) is 0. The van der Waals surface area contributed by atoms with E-state index in [0.29, 0.717) is 0 Å². The highest BCUT2D eigenvalue weighted by Crippen LogP contribution is 2.43. The van der Waals surface area contributed by atoms with Gasteiger partial charge in [-0.05, 0) is 42.0 Å². The molecule has 0 saturated heterocycles. The molecule has 1 fully saturated rings. The molecule has 0 spiro atoms. The first kappa shape index (κ1) is 13.4. The molecule has 2 aromatic carbocycles. The van der Waals surface area contributed by atoms with Crippen molar-refractivity contribution < 1.29 is 4.74 Å². The van der Waals surface area contributed by atoms with Crippen molar-refractivity contribution in [2.45, 2.75) is 37.3 Å². The first-order valence-corrected chi connectivity index (χ1v) is 8.31. The number of nitrogens with two attached hydrogens (primary N) is 1. The molecule has 0 radical (unpaired) electrons. The Morgan fingerprint density at radius 1 is 1.00 bits per heavy atom. The fraction of sp³-hybridized carbons (Fsp3) is 0.333. The quantitative estimate of drug-likeness (QED) is 0.845. The van der Waals surface area contributed by atoms with Crippen molar-refractivity contribution in [3.8, 4) is 5.75 Å². The lowest BCUT2D eigenvalue weighted by atomic mass is 9.93. The number of fused-ring (bicyclic) bond motifs is 1. The standard InChI is InChI=1S/C18H18BrNO/c19-14-7-8-15-16(20)10-17(21-18(15)9-14)13-5-3-12(4-6-13)11-1-2-11/h3-9,11,16-17H,1-2,10,20H2/t16-,17?/m1/s1. The topological polar surface area (TPSA) is 35.2 Å². The Hall–Kier alpha value is -1.32. The van der Waals surface area contributed by atoms with Gasteiger partial charge in [-0.15, -0.1) is 0 Å². The van der Waals surface area contributed by atoms with Crippen molar-refractivity contribution in [1.29, 1.82) is 0 Å². The van der Waals surface area contributed by atoms with E-state index in [1.165, 1.54) is 24.0 Å². The second kappa shape index (κ2) is 5.15. The summed E-state index contributed by atoms with van der Waals surface area (Å²) in [6.07, 6.45) is 3.56. The molecule has 0 amide bonds. The molecule has 1 aliphatic carbocycles. The maximum Gasteiger partial charge on any atom is 0.126 e. The lowest BCUT2D eigenvalue weighted by Crippen LogP contribution is -2.24. The van der Waals surface area contributed by atoms with Crippen LogP contribution in [0.25, 0.3) is 0 Å². The molecule has 21 heavy (non-hydrogen) atoms. The Labute approximate surface area is 133 Å². The average molecular weight is 344 g/mol. The van der Waals surface area contributed by atoms with E-state index in [0.717, 1.165) is 28.1 Å². The third-order valence-corrected chi connectivity index (χ3v) is 4.96. The van der Waals surface area contributed by atoms with Crippen LogP contribution < -0.4 is 10.5 Å². The van der Waals surface area contributed by atoms with Gasteiger partial charge in [0, 0.05) is 22.5 Å². The van der Waals surface area contributed by atoms with Crippen LogP contribution in [0.3, 0.4) is 0 Å². The van der Waals surface area contributed by atoms with E-state index in [4.69, 9.17) is 10.5 Å². The molecule has 0 bridgehead atoms. The second-order valence-corrected chi connectivity index (χ2v) is 6.99. The predicted molar refractivity (Wildman–Crippen MR) is 87.5 cm³/mol. The van der Waals surface area contributed by atoms with Gasteiger partial charge in [0.1, 0.15) is 11.9 Å². The van der Waals surface area contributed by atoms with Crippen LogP contribution in [0.5, 0.6) is 5.75 Å². The third-order valence-electron chi connectivity index (χ3n) is 4.47. The number of hydrogen-bond donors (Lipinski definition) is 1. The molecule has 0 aromatic heterocycles. The molecule has 2 N–H and O–H groups in total. The van der Waals surface area contributed by atoms with Gasteiger partial charge in [-0.3, -0.25) is 0 Å². The lowest BCUT2D eigenvalue weighted by Gasteiger charge is -2.30. The van der Waals surface area contributed by atoms with Crippen molar-refractivity contribution in [3.05, 3.63) is 63.6 Å². The van der Waals surface area contributed by atoms with Crippen LogP contribution in [0.1, 0.15) is 54.0 Å². The summed E-state index contributed by atoms with van der Waals surface area (Å²) in [5.74, 6) is 1.70. The van der Waals surface area contributed by atoms with Crippen LogP contribution in [0.15, 0.2) is 46.9 Å². The minimum atomic E-state index is 0.0370. The molecule has 2 nitrogen and oxygen atoms in total. The lowest BCUT2D eigenvalue weighted by molar-refractivity contribution is 0.161. The Balaban J connectivity index is 1.61. The number of benzene rings is 2. The molecule has 2 aromatic rings. The van der Waals surface area contributed by atoms with E-state index in [-0.39, 0.29) is 12.1 Å². The van der Waals surface area contributed by atoms with Gasteiger partial charge in [-0.2, -0.15) is 0 Å². The minimum absolute atomic E-state index is 0.0370. The second-order valence-electron chi connectivity index (χ2n) is 6.07. The summed E-state index contributed by atoms with van der Waals surface area (Å²) in [5.41, 5.74) is 10.1. The highest BCUT2D eigenvalue weighted by molar-refractivity contribution is 9.10. The Bertz CT molecular complexity index is 663. The van der Waals surface area contributed by atoms with E-state index < -0.39 is 0 Å². The molecule has 1 aliphatic heterocycles. The molecule has 108 valence electrons. The van der Waals surface area contributed by atoms with Crippen molar-refractivity contribution in [1.82, 2.24) is 0 Å². The fourth-order valence-electron chi connectivity index (χ4n) is 3.08. The van der Waals surface area contributed by atoms with Gasteiger partial charge >= 0.3 is 0 Å². The van der Waals surface area contributed by atoms with E-state index in [1.807, 2.05) is 12.1 Å². The average Bonchev–Trinajstić information content (AvgIpc) is 3.31. The summed E-state index contributed by atoms with van der Waals surface area (Å²) >= 11 is 3.50. The van der Waals surface area contributed by atoms with Crippen LogP contribution in [-0.2, 0) is 0 Å². The summed E-state index contributed by atoms with van der Waals surface area (Å²) in [4.78, 5) is 0. The van der Waals surface area contributed by atoms with Crippen LogP contribution in [0, 0.1) is 0 Å². The Morgan fingerprint density at radius 2 is 1.71 bits per heavy atom. The van der Waals surface area contributed by atoms with Gasteiger partial charge < -0.3 is 10.5 Å². The van der Waals surface area contributed by atoms with E-state index in [9.17, 15) is 0 Å². The maximum atomic E-state index is 6.32. The molecule has 2 atom stereocenters. The number of ether oxygens (including phenoxy) is 1. The number of rotatable bonds is 2. The van der Waals surface area contributed by atoms with Crippen LogP contribution >= 0.6 is 15.9 Å². The zero-order chi connectivity index (χ0) is 14.4. The molecule has 3 heteroatoms. The van der Waals surface area contributed by atoms with E-state index >= 15 is 0 Å². The van der Waals surface area contributed by atoms with Crippen molar-refractivity contribution in [2.75, 3.05) is 0 Å². The summed E-state index contributed by atoms with van der Waals surface area (Å²) < 4.78 is 7.20. The highest BCUT2D eigenvalue weighted by Gasteiger charge is 2.28. The van der Waals surface area contributed by atoms with Gasteiger partial charge in [0.2, 0.25) is 0 Å². The first-order valence-electron chi connectivity index (χ1n) is 7.52. The molecule has 1 heterocycles. The molecular weight excluding hydrogens is 326 g/mol. The number of hydrogen-bond acceptors (Lipinski definition) is 2. The molecule has 1 saturated carbocycles. The monoisotopic (exact) mass is 343 g/mol. The predicted octanol–water partition coefficient (Wildman–Crippen LogP) is 4.85. The molecule has 1 unspecified atom stereocenters. The zero-order valence-corrected chi connectivity index (χ0v) is 13.3. The smallest absolute Gasteiger partial charge is 0.126 e. The van der Waals surface area contributed by atoms with Crippen molar-refractivity contribution in [2.24, 2.45) is 5.73 Å². The van der Waals surface area contributed by atoms with Crippen LogP contribution in [0.4, 0.5) is 0 Å². The summed E-state index contributed by atoms with van der Waals surface area (Å²) in [6, 6.07) is 15.0. The zero-order valence-electron chi connectivity index (χ0n) is 11.8. The highest BCUT2D eigenvalue weighted by atomic mass is 79.9. The Kier molecular flexibility index (Phi) is 3.27. The minimum Gasteiger partial charge on any atom is -0.485 e. The summed E-state index contributed by atoms with van der Waals surface area (Å²) in [5, 5.41) is 0. The van der Waals surface area contributed by atoms with Crippen LogP contribution in [-0.4, -0.2) is 0 Å². The van der Waals surface area contributed by atoms with Crippen LogP contribution in [0.2, 0.25) is 0 Å². The van der Waals surface area contributed by atoms with Crippen molar-refractivity contribution in [3.63, 3.8) is 0 Å². The van der Waals surface area contributed by atoms with E-state index in [1.54, 1.807) is 0 Å². The van der Waals surface area contributed by atoms with Gasteiger partial charge in [0.15, 0.2) is 0 Å². The third kappa shape index (κ3) is 2.60. The SMILES string of the molecule is N[C@@H]1CC(c2ccc(C3CC3)cc2)Oc2cc(Br)ccc21.